The van der Waals surface area contributed by atoms with Gasteiger partial charge >= 0.3 is 0 Å². The van der Waals surface area contributed by atoms with E-state index in [-0.39, 0.29) is 29.7 Å². The van der Waals surface area contributed by atoms with Gasteiger partial charge in [-0.05, 0) is 61.9 Å². The van der Waals surface area contributed by atoms with Crippen LogP contribution in [0.4, 0.5) is 4.39 Å². The van der Waals surface area contributed by atoms with Crippen molar-refractivity contribution in [1.29, 1.82) is 0 Å². The molecule has 2 fully saturated rings. The van der Waals surface area contributed by atoms with Gasteiger partial charge in [0.2, 0.25) is 5.88 Å². The second-order valence-electron chi connectivity index (χ2n) is 9.73. The van der Waals surface area contributed by atoms with Crippen LogP contribution in [-0.2, 0) is 4.79 Å². The van der Waals surface area contributed by atoms with Crippen molar-refractivity contribution in [3.8, 4) is 23.5 Å². The molecule has 2 heterocycles. The number of aromatic nitrogens is 1. The Morgan fingerprint density at radius 3 is 2.70 bits per heavy atom. The van der Waals surface area contributed by atoms with Gasteiger partial charge < -0.3 is 20.5 Å². The number of pyridine rings is 1. The Balaban J connectivity index is 1.65. The monoisotopic (exact) mass is 525 g/mol. The van der Waals surface area contributed by atoms with Crippen molar-refractivity contribution in [1.82, 2.24) is 10.3 Å². The van der Waals surface area contributed by atoms with Crippen molar-refractivity contribution in [3.63, 3.8) is 0 Å². The minimum atomic E-state index is -1.55. The van der Waals surface area contributed by atoms with Crippen LogP contribution in [0.25, 0.3) is 10.8 Å². The lowest BCUT2D eigenvalue weighted by atomic mass is 9.81. The third kappa shape index (κ3) is 5.85. The molecule has 2 aliphatic rings. The minimum absolute atomic E-state index is 0.0582. The number of carbonyl (C=O) groups excluding carboxylic acids is 2. The first-order chi connectivity index (χ1) is 17.9. The molecule has 9 heteroatoms. The third-order valence-electron chi connectivity index (χ3n) is 7.47. The van der Waals surface area contributed by atoms with E-state index in [1.807, 2.05) is 12.3 Å². The molecule has 3 atom stereocenters. The summed E-state index contributed by atoms with van der Waals surface area (Å²) in [5.41, 5.74) is 6.49. The molecule has 0 spiro atoms. The van der Waals surface area contributed by atoms with E-state index in [4.69, 9.17) is 27.4 Å². The first-order valence-electron chi connectivity index (χ1n) is 12.7. The van der Waals surface area contributed by atoms with Gasteiger partial charge in [-0.1, -0.05) is 31.0 Å². The van der Waals surface area contributed by atoms with Gasteiger partial charge in [0.05, 0.1) is 24.3 Å². The Bertz CT molecular complexity index is 1250. The van der Waals surface area contributed by atoms with E-state index in [1.54, 1.807) is 18.3 Å². The Morgan fingerprint density at radius 2 is 2.05 bits per heavy atom. The molecule has 1 aromatic carbocycles. The van der Waals surface area contributed by atoms with Gasteiger partial charge in [0.15, 0.2) is 6.17 Å². The van der Waals surface area contributed by atoms with Crippen molar-refractivity contribution in [2.45, 2.75) is 57.7 Å². The Kier molecular flexibility index (Phi) is 8.59. The highest BCUT2D eigenvalue weighted by molar-refractivity contribution is 7.78. The SMILES string of the molecule is CC[C@@H]1[C@H](F)C(=O)N[C@@H]1COc1ncc(C#CC2CCC(CC=S)CC2)c2cc(C(N)=O)c(OC)cc12. The van der Waals surface area contributed by atoms with Gasteiger partial charge in [0.1, 0.15) is 12.4 Å². The molecule has 1 aliphatic heterocycles. The Labute approximate surface area is 221 Å². The third-order valence-corrected chi connectivity index (χ3v) is 7.66. The number of rotatable bonds is 8. The predicted molar refractivity (Wildman–Crippen MR) is 144 cm³/mol. The summed E-state index contributed by atoms with van der Waals surface area (Å²) in [5.74, 6) is 6.43. The minimum Gasteiger partial charge on any atom is -0.496 e. The second-order valence-corrected chi connectivity index (χ2v) is 10.1. The molecule has 7 nitrogen and oxygen atoms in total. The molecule has 0 bridgehead atoms. The smallest absolute Gasteiger partial charge is 0.255 e. The molecule has 0 unspecified atom stereocenters. The zero-order valence-corrected chi connectivity index (χ0v) is 21.9. The van der Waals surface area contributed by atoms with Crippen molar-refractivity contribution < 1.29 is 23.5 Å². The van der Waals surface area contributed by atoms with Gasteiger partial charge in [-0.25, -0.2) is 9.37 Å². The number of methoxy groups -OCH3 is 1. The molecular weight excluding hydrogens is 493 g/mol. The van der Waals surface area contributed by atoms with Crippen LogP contribution >= 0.6 is 12.2 Å². The number of halogens is 1. The summed E-state index contributed by atoms with van der Waals surface area (Å²) < 4.78 is 25.6. The second kappa shape index (κ2) is 11.9. The first-order valence-corrected chi connectivity index (χ1v) is 13.2. The standard InChI is InChI=1S/C28H32FN3O4S/c1-3-19-23(32-27(34)25(19)29)15-36-28-21-13-24(35-2)22(26(30)33)12-20(21)18(14-31-28)9-8-16-4-6-17(7-5-16)10-11-37/h11-14,16-17,19,23,25H,3-7,10,15H2,1-2H3,(H2,30,33)(H,32,34)/t16?,17?,19-,23+,25-/m0/s1. The highest BCUT2D eigenvalue weighted by Crippen LogP contribution is 2.34. The number of thiocarbonyl (C=S) groups is 1. The maximum Gasteiger partial charge on any atom is 0.255 e. The number of carbonyl (C=O) groups is 2. The van der Waals surface area contributed by atoms with Gasteiger partial charge in [0, 0.05) is 28.8 Å². The fourth-order valence-electron chi connectivity index (χ4n) is 5.27. The first kappa shape index (κ1) is 26.8. The summed E-state index contributed by atoms with van der Waals surface area (Å²) in [5, 5.41) is 5.74. The number of fused-ring (bicyclic) bond motifs is 1. The van der Waals surface area contributed by atoms with Crippen LogP contribution in [0.3, 0.4) is 0 Å². The number of hydrogen-bond acceptors (Lipinski definition) is 6. The summed E-state index contributed by atoms with van der Waals surface area (Å²) in [7, 11) is 1.45. The molecular formula is C28H32FN3O4S. The zero-order valence-electron chi connectivity index (χ0n) is 21.1. The van der Waals surface area contributed by atoms with Crippen molar-refractivity contribution >= 4 is 40.2 Å². The fourth-order valence-corrected chi connectivity index (χ4v) is 5.54. The molecule has 2 aromatic rings. The van der Waals surface area contributed by atoms with Gasteiger partial charge in [0.25, 0.3) is 11.8 Å². The molecule has 37 heavy (non-hydrogen) atoms. The molecule has 3 N–H and O–H groups in total. The number of nitrogens with two attached hydrogens (primary N) is 1. The number of alkyl halides is 1. The van der Waals surface area contributed by atoms with Crippen molar-refractivity contribution in [2.24, 2.45) is 23.5 Å². The molecule has 1 aliphatic carbocycles. The number of nitrogens with zero attached hydrogens (tertiary/aromatic N) is 1. The average molecular weight is 526 g/mol. The van der Waals surface area contributed by atoms with Crippen LogP contribution in [0.1, 0.15) is 61.4 Å². The van der Waals surface area contributed by atoms with E-state index in [2.05, 4.69) is 22.1 Å². The summed E-state index contributed by atoms with van der Waals surface area (Å²) in [6, 6.07) is 2.83. The fraction of sp³-hybridized carbons (Fsp3) is 0.500. The van der Waals surface area contributed by atoms with Crippen LogP contribution in [0.5, 0.6) is 11.6 Å². The Morgan fingerprint density at radius 1 is 1.30 bits per heavy atom. The molecule has 1 saturated carbocycles. The largest absolute Gasteiger partial charge is 0.496 e. The Hall–Kier alpha value is -3.25. The van der Waals surface area contributed by atoms with E-state index in [9.17, 15) is 14.0 Å². The summed E-state index contributed by atoms with van der Waals surface area (Å²) >= 11 is 5.00. The van der Waals surface area contributed by atoms with Crippen LogP contribution < -0.4 is 20.5 Å². The van der Waals surface area contributed by atoms with E-state index < -0.39 is 29.9 Å². The highest BCUT2D eigenvalue weighted by atomic mass is 32.1. The quantitative estimate of drug-likeness (QED) is 0.397. The van der Waals surface area contributed by atoms with Crippen LogP contribution in [0.2, 0.25) is 0 Å². The number of nitrogens with one attached hydrogen (secondary N) is 1. The number of primary amides is 1. The lowest BCUT2D eigenvalue weighted by Crippen LogP contribution is -2.34. The normalized spacial score (nSPS) is 25.2. The molecule has 196 valence electrons. The summed E-state index contributed by atoms with van der Waals surface area (Å²) in [4.78, 5) is 28.4. The van der Waals surface area contributed by atoms with E-state index in [0.29, 0.717) is 28.7 Å². The zero-order chi connectivity index (χ0) is 26.5. The molecule has 4 rings (SSSR count). The highest BCUT2D eigenvalue weighted by Gasteiger charge is 2.41. The predicted octanol–water partition coefficient (Wildman–Crippen LogP) is 4.13. The lowest BCUT2D eigenvalue weighted by molar-refractivity contribution is -0.123. The van der Waals surface area contributed by atoms with Crippen LogP contribution in [-0.4, -0.2) is 48.1 Å². The lowest BCUT2D eigenvalue weighted by Gasteiger charge is -2.24. The van der Waals surface area contributed by atoms with Crippen molar-refractivity contribution in [2.75, 3.05) is 13.7 Å². The van der Waals surface area contributed by atoms with E-state index >= 15 is 0 Å². The molecule has 1 saturated heterocycles. The van der Waals surface area contributed by atoms with Crippen LogP contribution in [0, 0.1) is 29.6 Å². The van der Waals surface area contributed by atoms with Crippen LogP contribution in [0.15, 0.2) is 18.3 Å². The topological polar surface area (TPSA) is 104 Å². The maximum absolute atomic E-state index is 14.2. The van der Waals surface area contributed by atoms with Crippen molar-refractivity contribution in [3.05, 3.63) is 29.5 Å². The van der Waals surface area contributed by atoms with E-state index in [1.165, 1.54) is 7.11 Å². The maximum atomic E-state index is 14.2. The summed E-state index contributed by atoms with van der Waals surface area (Å²) in [6.07, 6.45) is 5.79. The number of ether oxygens (including phenoxy) is 2. The van der Waals surface area contributed by atoms with Gasteiger partial charge in [-0.2, -0.15) is 0 Å². The average Bonchev–Trinajstić information content (AvgIpc) is 3.18. The number of hydrogen-bond donors (Lipinski definition) is 2. The molecule has 2 amide bonds. The van der Waals surface area contributed by atoms with Gasteiger partial charge in [-0.3, -0.25) is 9.59 Å². The molecule has 1 aromatic heterocycles. The summed E-state index contributed by atoms with van der Waals surface area (Å²) in [6.45, 7) is 1.90. The number of benzene rings is 1. The van der Waals surface area contributed by atoms with E-state index in [0.717, 1.165) is 32.1 Å². The number of amides is 2. The molecule has 0 radical (unpaired) electrons. The van der Waals surface area contributed by atoms with Gasteiger partial charge in [-0.15, -0.1) is 0 Å².